The molecule has 3 aromatic rings. The summed E-state index contributed by atoms with van der Waals surface area (Å²) in [7, 11) is 0. The van der Waals surface area contributed by atoms with Gasteiger partial charge in [-0.1, -0.05) is 36.4 Å². The van der Waals surface area contributed by atoms with E-state index in [1.54, 1.807) is 0 Å². The first-order chi connectivity index (χ1) is 9.84. The third-order valence-electron chi connectivity index (χ3n) is 4.53. The van der Waals surface area contributed by atoms with Crippen molar-refractivity contribution in [2.24, 2.45) is 0 Å². The summed E-state index contributed by atoms with van der Waals surface area (Å²) < 4.78 is 2.51. The minimum Gasteiger partial charge on any atom is -0.327 e. The minimum absolute atomic E-state index is 1.02. The molecule has 0 aliphatic carbocycles. The first-order valence-electron chi connectivity index (χ1n) is 7.53. The lowest BCUT2D eigenvalue weighted by atomic mass is 10.1. The molecule has 102 valence electrons. The molecule has 1 aliphatic heterocycles. The minimum atomic E-state index is 1.02. The summed E-state index contributed by atoms with van der Waals surface area (Å²) >= 11 is 0. The van der Waals surface area contributed by atoms with Gasteiger partial charge in [0.15, 0.2) is 0 Å². The smallest absolute Gasteiger partial charge is 0.0757 e. The highest BCUT2D eigenvalue weighted by Crippen LogP contribution is 2.31. The average Bonchev–Trinajstić information content (AvgIpc) is 3.08. The number of rotatable bonds is 2. The van der Waals surface area contributed by atoms with Gasteiger partial charge in [-0.2, -0.15) is 0 Å². The summed E-state index contributed by atoms with van der Waals surface area (Å²) in [4.78, 5) is 2.57. The van der Waals surface area contributed by atoms with Crippen molar-refractivity contribution in [1.82, 2.24) is 9.47 Å². The molecule has 2 aromatic carbocycles. The molecule has 0 unspecified atom stereocenters. The van der Waals surface area contributed by atoms with Crippen LogP contribution in [0.5, 0.6) is 0 Å². The summed E-state index contributed by atoms with van der Waals surface area (Å²) in [6.45, 7) is 5.72. The molecule has 0 spiro atoms. The monoisotopic (exact) mass is 264 g/mol. The van der Waals surface area contributed by atoms with Crippen molar-refractivity contribution < 1.29 is 0 Å². The topological polar surface area (TPSA) is 8.17 Å². The highest BCUT2D eigenvalue weighted by molar-refractivity contribution is 6.08. The van der Waals surface area contributed by atoms with Gasteiger partial charge in [0.1, 0.15) is 0 Å². The van der Waals surface area contributed by atoms with Crippen LogP contribution in [0.1, 0.15) is 18.4 Å². The van der Waals surface area contributed by atoms with Crippen LogP contribution in [0, 0.1) is 6.92 Å². The maximum Gasteiger partial charge on any atom is 0.0757 e. The van der Waals surface area contributed by atoms with Crippen LogP contribution in [0.25, 0.3) is 21.8 Å². The second-order valence-corrected chi connectivity index (χ2v) is 5.88. The Hall–Kier alpha value is -1.80. The van der Waals surface area contributed by atoms with E-state index >= 15 is 0 Å². The van der Waals surface area contributed by atoms with Crippen LogP contribution >= 0.6 is 0 Å². The normalized spacial score (nSPS) is 16.4. The number of hydrogen-bond acceptors (Lipinski definition) is 1. The van der Waals surface area contributed by atoms with E-state index in [0.29, 0.717) is 0 Å². The SMILES string of the molecule is Cc1cccc2c3ccccc3n(CN3CCCC3)c12. The van der Waals surface area contributed by atoms with Crippen molar-refractivity contribution in [2.75, 3.05) is 13.1 Å². The highest BCUT2D eigenvalue weighted by atomic mass is 15.3. The van der Waals surface area contributed by atoms with E-state index < -0.39 is 0 Å². The van der Waals surface area contributed by atoms with Crippen molar-refractivity contribution in [1.29, 1.82) is 0 Å². The molecule has 2 nitrogen and oxygen atoms in total. The zero-order valence-corrected chi connectivity index (χ0v) is 12.0. The molecule has 0 radical (unpaired) electrons. The number of aryl methyl sites for hydroxylation is 1. The van der Waals surface area contributed by atoms with Crippen LogP contribution in [0.15, 0.2) is 42.5 Å². The van der Waals surface area contributed by atoms with Crippen LogP contribution in [0.4, 0.5) is 0 Å². The van der Waals surface area contributed by atoms with Crippen molar-refractivity contribution in [3.8, 4) is 0 Å². The van der Waals surface area contributed by atoms with Gasteiger partial charge in [-0.25, -0.2) is 0 Å². The molecular weight excluding hydrogens is 244 g/mol. The van der Waals surface area contributed by atoms with Gasteiger partial charge < -0.3 is 4.57 Å². The molecule has 0 atom stereocenters. The maximum atomic E-state index is 2.57. The lowest BCUT2D eigenvalue weighted by Gasteiger charge is -2.18. The summed E-state index contributed by atoms with van der Waals surface area (Å²) in [6.07, 6.45) is 2.69. The lowest BCUT2D eigenvalue weighted by Crippen LogP contribution is -2.22. The molecule has 1 aromatic heterocycles. The molecule has 2 heterocycles. The van der Waals surface area contributed by atoms with Gasteiger partial charge in [0, 0.05) is 10.8 Å². The molecule has 1 aliphatic rings. The zero-order chi connectivity index (χ0) is 13.5. The Labute approximate surface area is 119 Å². The molecule has 20 heavy (non-hydrogen) atoms. The lowest BCUT2D eigenvalue weighted by molar-refractivity contribution is 0.279. The van der Waals surface area contributed by atoms with Gasteiger partial charge in [-0.05, 0) is 44.5 Å². The molecule has 0 saturated carbocycles. The Bertz CT molecular complexity index is 764. The summed E-state index contributed by atoms with van der Waals surface area (Å²) in [5, 5.41) is 2.77. The van der Waals surface area contributed by atoms with Crippen LogP contribution in [-0.4, -0.2) is 22.6 Å². The largest absolute Gasteiger partial charge is 0.327 e. The third kappa shape index (κ3) is 1.75. The van der Waals surface area contributed by atoms with Gasteiger partial charge in [-0.3, -0.25) is 4.90 Å². The van der Waals surface area contributed by atoms with Crippen molar-refractivity contribution in [3.63, 3.8) is 0 Å². The van der Waals surface area contributed by atoms with E-state index in [4.69, 9.17) is 0 Å². The molecule has 0 amide bonds. The number of nitrogens with zero attached hydrogens (tertiary/aromatic N) is 2. The summed E-state index contributed by atoms with van der Waals surface area (Å²) in [5.41, 5.74) is 4.14. The van der Waals surface area contributed by atoms with Crippen molar-refractivity contribution in [3.05, 3.63) is 48.0 Å². The predicted octanol–water partition coefficient (Wildman–Crippen LogP) is 4.16. The number of fused-ring (bicyclic) bond motifs is 3. The standard InChI is InChI=1S/C18H20N2/c1-14-7-6-9-16-15-8-2-3-10-17(15)20(18(14)16)13-19-11-4-5-12-19/h2-3,6-10H,4-5,11-13H2,1H3. The van der Waals surface area contributed by atoms with Gasteiger partial charge in [0.2, 0.25) is 0 Å². The Balaban J connectivity index is 1.99. The van der Waals surface area contributed by atoms with Gasteiger partial charge >= 0.3 is 0 Å². The second kappa shape index (κ2) is 4.64. The summed E-state index contributed by atoms with van der Waals surface area (Å²) in [5.74, 6) is 0. The van der Waals surface area contributed by atoms with Crippen LogP contribution in [0.2, 0.25) is 0 Å². The Morgan fingerprint density at radius 2 is 1.65 bits per heavy atom. The fourth-order valence-corrected chi connectivity index (χ4v) is 3.56. The van der Waals surface area contributed by atoms with E-state index in [-0.39, 0.29) is 0 Å². The van der Waals surface area contributed by atoms with Crippen LogP contribution in [0.3, 0.4) is 0 Å². The molecule has 2 heteroatoms. The molecular formula is C18H20N2. The maximum absolute atomic E-state index is 2.57. The van der Waals surface area contributed by atoms with Crippen LogP contribution in [-0.2, 0) is 6.67 Å². The fraction of sp³-hybridized carbons (Fsp3) is 0.333. The first kappa shape index (κ1) is 12.0. The second-order valence-electron chi connectivity index (χ2n) is 5.88. The van der Waals surface area contributed by atoms with E-state index in [0.717, 1.165) is 6.67 Å². The van der Waals surface area contributed by atoms with Crippen molar-refractivity contribution in [2.45, 2.75) is 26.4 Å². The van der Waals surface area contributed by atoms with Gasteiger partial charge in [0.05, 0.1) is 17.7 Å². The Morgan fingerprint density at radius 1 is 0.900 bits per heavy atom. The number of aromatic nitrogens is 1. The van der Waals surface area contributed by atoms with Crippen LogP contribution < -0.4 is 0 Å². The zero-order valence-electron chi connectivity index (χ0n) is 12.0. The Kier molecular flexibility index (Phi) is 2.78. The van der Waals surface area contributed by atoms with E-state index in [1.807, 2.05) is 0 Å². The molecule has 0 bridgehead atoms. The van der Waals surface area contributed by atoms with Crippen molar-refractivity contribution >= 4 is 21.8 Å². The van der Waals surface area contributed by atoms with Gasteiger partial charge in [0.25, 0.3) is 0 Å². The van der Waals surface area contributed by atoms with E-state index in [9.17, 15) is 0 Å². The number of likely N-dealkylation sites (tertiary alicyclic amines) is 1. The molecule has 4 rings (SSSR count). The molecule has 1 fully saturated rings. The van der Waals surface area contributed by atoms with E-state index in [1.165, 1.54) is 53.3 Å². The third-order valence-corrected chi connectivity index (χ3v) is 4.53. The highest BCUT2D eigenvalue weighted by Gasteiger charge is 2.16. The average molecular weight is 264 g/mol. The van der Waals surface area contributed by atoms with E-state index in [2.05, 4.69) is 58.9 Å². The number of hydrogen-bond donors (Lipinski definition) is 0. The summed E-state index contributed by atoms with van der Waals surface area (Å²) in [6, 6.07) is 15.4. The van der Waals surface area contributed by atoms with Gasteiger partial charge in [-0.15, -0.1) is 0 Å². The fourth-order valence-electron chi connectivity index (χ4n) is 3.56. The Morgan fingerprint density at radius 3 is 2.50 bits per heavy atom. The molecule has 0 N–H and O–H groups in total. The predicted molar refractivity (Wildman–Crippen MR) is 85.0 cm³/mol. The molecule has 1 saturated heterocycles. The number of benzene rings is 2. The first-order valence-corrected chi connectivity index (χ1v) is 7.53. The number of para-hydroxylation sites is 2. The quantitative estimate of drug-likeness (QED) is 0.675.